The Balaban J connectivity index is 2.10. The number of ether oxygens (including phenoxy) is 1. The highest BCUT2D eigenvalue weighted by molar-refractivity contribution is 7.92. The van der Waals surface area contributed by atoms with Crippen molar-refractivity contribution in [1.82, 2.24) is 4.90 Å². The van der Waals surface area contributed by atoms with E-state index < -0.39 is 15.6 Å². The van der Waals surface area contributed by atoms with Gasteiger partial charge in [-0.15, -0.1) is 0 Å². The molecule has 0 N–H and O–H groups in total. The lowest BCUT2D eigenvalue weighted by Gasteiger charge is -2.34. The summed E-state index contributed by atoms with van der Waals surface area (Å²) in [4.78, 5) is 13.9. The van der Waals surface area contributed by atoms with Gasteiger partial charge in [-0.25, -0.2) is 13.2 Å². The monoisotopic (exact) mass is 368 g/mol. The standard InChI is InChI=1S/C18H28N2O4S/c1-18(2,3)24-17(21)20-12-10-14(11-13-20)15-8-6-7-9-16(15)19(4)25(5,22)23/h6-9,14H,10-13H2,1-5H3. The highest BCUT2D eigenvalue weighted by Crippen LogP contribution is 2.35. The van der Waals surface area contributed by atoms with Crippen LogP contribution in [0.25, 0.3) is 0 Å². The normalized spacial score (nSPS) is 16.6. The SMILES string of the molecule is CN(c1ccccc1C1CCN(C(=O)OC(C)(C)C)CC1)S(C)(=O)=O. The van der Waals surface area contributed by atoms with Crippen molar-refractivity contribution in [2.75, 3.05) is 30.7 Å². The lowest BCUT2D eigenvalue weighted by atomic mass is 9.88. The predicted molar refractivity (Wildman–Crippen MR) is 99.5 cm³/mol. The van der Waals surface area contributed by atoms with E-state index in [0.29, 0.717) is 18.8 Å². The quantitative estimate of drug-likeness (QED) is 0.822. The van der Waals surface area contributed by atoms with Crippen LogP contribution in [0.15, 0.2) is 24.3 Å². The highest BCUT2D eigenvalue weighted by Gasteiger charge is 2.29. The third-order valence-electron chi connectivity index (χ3n) is 4.36. The minimum atomic E-state index is -3.31. The summed E-state index contributed by atoms with van der Waals surface area (Å²) in [5, 5.41) is 0. The van der Waals surface area contributed by atoms with E-state index in [1.807, 2.05) is 45.0 Å². The van der Waals surface area contributed by atoms with Crippen LogP contribution < -0.4 is 4.31 Å². The Morgan fingerprint density at radius 2 is 1.76 bits per heavy atom. The average molecular weight is 368 g/mol. The molecule has 1 aliphatic rings. The Morgan fingerprint density at radius 3 is 2.28 bits per heavy atom. The Labute approximate surface area is 150 Å². The second kappa shape index (κ2) is 7.23. The van der Waals surface area contributed by atoms with Gasteiger partial charge in [-0.05, 0) is 51.2 Å². The maximum absolute atomic E-state index is 12.2. The fourth-order valence-electron chi connectivity index (χ4n) is 3.00. The number of carbonyl (C=O) groups excluding carboxylic acids is 1. The predicted octanol–water partition coefficient (Wildman–Crippen LogP) is 3.20. The van der Waals surface area contributed by atoms with Gasteiger partial charge < -0.3 is 9.64 Å². The van der Waals surface area contributed by atoms with Gasteiger partial charge in [-0.1, -0.05) is 18.2 Å². The summed E-state index contributed by atoms with van der Waals surface area (Å²) < 4.78 is 30.5. The molecule has 0 bridgehead atoms. The number of likely N-dealkylation sites (tertiary alicyclic amines) is 1. The fourth-order valence-corrected chi connectivity index (χ4v) is 3.52. The number of hydrogen-bond donors (Lipinski definition) is 0. The van der Waals surface area contributed by atoms with E-state index in [1.165, 1.54) is 10.6 Å². The first-order valence-electron chi connectivity index (χ1n) is 8.50. The average Bonchev–Trinajstić information content (AvgIpc) is 2.52. The minimum Gasteiger partial charge on any atom is -0.444 e. The number of benzene rings is 1. The molecule has 0 atom stereocenters. The molecule has 0 saturated carbocycles. The Bertz CT molecular complexity index is 717. The molecule has 0 aliphatic carbocycles. The molecule has 0 unspecified atom stereocenters. The van der Waals surface area contributed by atoms with Crippen molar-refractivity contribution >= 4 is 21.8 Å². The van der Waals surface area contributed by atoms with Gasteiger partial charge in [0.1, 0.15) is 5.60 Å². The zero-order valence-electron chi connectivity index (χ0n) is 15.7. The van der Waals surface area contributed by atoms with Crippen LogP contribution in [0.5, 0.6) is 0 Å². The summed E-state index contributed by atoms with van der Waals surface area (Å²) in [7, 11) is -1.74. The topological polar surface area (TPSA) is 66.9 Å². The lowest BCUT2D eigenvalue weighted by Crippen LogP contribution is -2.41. The first-order chi connectivity index (χ1) is 11.5. The number of para-hydroxylation sites is 1. The summed E-state index contributed by atoms with van der Waals surface area (Å²) in [5.74, 6) is 0.221. The molecule has 1 aliphatic heterocycles. The van der Waals surface area contributed by atoms with Crippen LogP contribution in [0.3, 0.4) is 0 Å². The highest BCUT2D eigenvalue weighted by atomic mass is 32.2. The number of sulfonamides is 1. The van der Waals surface area contributed by atoms with Crippen LogP contribution in [0.4, 0.5) is 10.5 Å². The van der Waals surface area contributed by atoms with Crippen LogP contribution in [-0.4, -0.2) is 51.4 Å². The maximum Gasteiger partial charge on any atom is 0.410 e. The van der Waals surface area contributed by atoms with Gasteiger partial charge >= 0.3 is 6.09 Å². The van der Waals surface area contributed by atoms with Crippen molar-refractivity contribution in [1.29, 1.82) is 0 Å². The lowest BCUT2D eigenvalue weighted by molar-refractivity contribution is 0.0205. The molecule has 140 valence electrons. The summed E-state index contributed by atoms with van der Waals surface area (Å²) in [6.07, 6.45) is 2.49. The molecule has 6 nitrogen and oxygen atoms in total. The second-order valence-corrected chi connectivity index (χ2v) is 9.54. The van der Waals surface area contributed by atoms with E-state index in [4.69, 9.17) is 4.74 Å². The molecular weight excluding hydrogens is 340 g/mol. The van der Waals surface area contributed by atoms with Crippen molar-refractivity contribution in [2.45, 2.75) is 45.1 Å². The molecule has 0 radical (unpaired) electrons. The van der Waals surface area contributed by atoms with E-state index in [-0.39, 0.29) is 12.0 Å². The summed E-state index contributed by atoms with van der Waals surface area (Å²) in [5.41, 5.74) is 1.22. The number of rotatable bonds is 3. The molecule has 0 spiro atoms. The van der Waals surface area contributed by atoms with Crippen molar-refractivity contribution in [3.8, 4) is 0 Å². The smallest absolute Gasteiger partial charge is 0.410 e. The molecule has 1 aromatic rings. The molecule has 1 fully saturated rings. The molecule has 7 heteroatoms. The summed E-state index contributed by atoms with van der Waals surface area (Å²) in [6, 6.07) is 7.58. The molecule has 25 heavy (non-hydrogen) atoms. The summed E-state index contributed by atoms with van der Waals surface area (Å²) in [6.45, 7) is 6.78. The van der Waals surface area contributed by atoms with Crippen molar-refractivity contribution in [2.24, 2.45) is 0 Å². The van der Waals surface area contributed by atoms with E-state index in [2.05, 4.69) is 0 Å². The van der Waals surface area contributed by atoms with E-state index in [9.17, 15) is 13.2 Å². The third kappa shape index (κ3) is 5.11. The minimum absolute atomic E-state index is 0.221. The Hall–Kier alpha value is -1.76. The first-order valence-corrected chi connectivity index (χ1v) is 10.3. The second-order valence-electron chi connectivity index (χ2n) is 7.53. The number of carbonyl (C=O) groups is 1. The van der Waals surface area contributed by atoms with Gasteiger partial charge in [-0.2, -0.15) is 0 Å². The zero-order valence-corrected chi connectivity index (χ0v) is 16.5. The van der Waals surface area contributed by atoms with Gasteiger partial charge in [0.15, 0.2) is 0 Å². The molecule has 2 rings (SSSR count). The zero-order chi connectivity index (χ0) is 18.8. The number of piperidine rings is 1. The largest absolute Gasteiger partial charge is 0.444 e. The van der Waals surface area contributed by atoms with E-state index in [1.54, 1.807) is 11.9 Å². The first kappa shape index (κ1) is 19.6. The van der Waals surface area contributed by atoms with Crippen molar-refractivity contribution < 1.29 is 17.9 Å². The van der Waals surface area contributed by atoms with Crippen LogP contribution >= 0.6 is 0 Å². The van der Waals surface area contributed by atoms with Gasteiger partial charge in [0.25, 0.3) is 0 Å². The fraction of sp³-hybridized carbons (Fsp3) is 0.611. The maximum atomic E-state index is 12.2. The van der Waals surface area contributed by atoms with Crippen LogP contribution in [0, 0.1) is 0 Å². The molecule has 0 aromatic heterocycles. The Kier molecular flexibility index (Phi) is 5.66. The van der Waals surface area contributed by atoms with Crippen LogP contribution in [-0.2, 0) is 14.8 Å². The van der Waals surface area contributed by atoms with Gasteiger partial charge in [0.05, 0.1) is 11.9 Å². The molecule has 1 heterocycles. The van der Waals surface area contributed by atoms with E-state index >= 15 is 0 Å². The van der Waals surface area contributed by atoms with E-state index in [0.717, 1.165) is 18.4 Å². The Morgan fingerprint density at radius 1 is 1.20 bits per heavy atom. The molecule has 1 aromatic carbocycles. The number of nitrogens with zero attached hydrogens (tertiary/aromatic N) is 2. The van der Waals surface area contributed by atoms with Gasteiger partial charge in [0.2, 0.25) is 10.0 Å². The van der Waals surface area contributed by atoms with Gasteiger partial charge in [0, 0.05) is 20.1 Å². The number of anilines is 1. The number of hydrogen-bond acceptors (Lipinski definition) is 4. The van der Waals surface area contributed by atoms with Gasteiger partial charge in [-0.3, -0.25) is 4.31 Å². The molecular formula is C18H28N2O4S. The van der Waals surface area contributed by atoms with Crippen molar-refractivity contribution in [3.63, 3.8) is 0 Å². The third-order valence-corrected chi connectivity index (χ3v) is 5.55. The van der Waals surface area contributed by atoms with Crippen LogP contribution in [0.2, 0.25) is 0 Å². The molecule has 1 amide bonds. The van der Waals surface area contributed by atoms with Crippen LogP contribution in [0.1, 0.15) is 45.1 Å². The number of amides is 1. The molecule has 1 saturated heterocycles. The van der Waals surface area contributed by atoms with Crippen molar-refractivity contribution in [3.05, 3.63) is 29.8 Å². The summed E-state index contributed by atoms with van der Waals surface area (Å²) >= 11 is 0.